The van der Waals surface area contributed by atoms with Gasteiger partial charge in [-0.05, 0) is 24.3 Å². The van der Waals surface area contributed by atoms with Crippen LogP contribution in [0.3, 0.4) is 0 Å². The zero-order valence-electron chi connectivity index (χ0n) is 10.1. The Balaban J connectivity index is 0.00000133. The van der Waals surface area contributed by atoms with Gasteiger partial charge in [-0.25, -0.2) is 5.43 Å². The average molecular weight is 273 g/mol. The van der Waals surface area contributed by atoms with Gasteiger partial charge in [-0.1, -0.05) is 41.1 Å². The Morgan fingerprint density at radius 3 is 2.21 bits per heavy atom. The highest BCUT2D eigenvalue weighted by Gasteiger charge is 2.07. The lowest BCUT2D eigenvalue weighted by molar-refractivity contribution is -0.643. The topological polar surface area (TPSA) is 33.7 Å². The van der Waals surface area contributed by atoms with Gasteiger partial charge < -0.3 is 12.4 Å². The van der Waals surface area contributed by atoms with E-state index in [1.165, 1.54) is 0 Å². The second-order valence-electron chi connectivity index (χ2n) is 3.91. The number of aromatic nitrogens is 3. The summed E-state index contributed by atoms with van der Waals surface area (Å²) < 4.78 is 3.64. The number of benzene rings is 2. The van der Waals surface area contributed by atoms with Crippen LogP contribution in [0.5, 0.6) is 0 Å². The molecule has 4 nitrogen and oxygen atoms in total. The molecule has 0 unspecified atom stereocenters. The lowest BCUT2D eigenvalue weighted by Crippen LogP contribution is -3.00. The summed E-state index contributed by atoms with van der Waals surface area (Å²) in [6.07, 6.45) is 3.63. The van der Waals surface area contributed by atoms with Gasteiger partial charge in [0.1, 0.15) is 5.69 Å². The Kier molecular flexibility index (Phi) is 4.15. The van der Waals surface area contributed by atoms with Gasteiger partial charge in [-0.3, -0.25) is 0 Å². The molecule has 0 aliphatic heterocycles. The van der Waals surface area contributed by atoms with Crippen molar-refractivity contribution in [2.45, 2.75) is 0 Å². The highest BCUT2D eigenvalue weighted by molar-refractivity contribution is 5.39. The normalized spacial score (nSPS) is 9.68. The molecular weight excluding hydrogens is 260 g/mol. The summed E-state index contributed by atoms with van der Waals surface area (Å²) in [5.41, 5.74) is 5.28. The molecule has 0 bridgehead atoms. The van der Waals surface area contributed by atoms with Crippen molar-refractivity contribution in [3.63, 3.8) is 0 Å². The summed E-state index contributed by atoms with van der Waals surface area (Å²) in [7, 11) is 0. The van der Waals surface area contributed by atoms with E-state index in [9.17, 15) is 0 Å². The molecule has 3 rings (SSSR count). The minimum absolute atomic E-state index is 0. The van der Waals surface area contributed by atoms with E-state index in [2.05, 4.69) is 10.5 Å². The smallest absolute Gasteiger partial charge is 0.287 e. The molecule has 1 heterocycles. The van der Waals surface area contributed by atoms with Gasteiger partial charge in [-0.15, -0.1) is 4.68 Å². The van der Waals surface area contributed by atoms with E-state index < -0.39 is 0 Å². The van der Waals surface area contributed by atoms with Crippen molar-refractivity contribution in [1.29, 1.82) is 0 Å². The van der Waals surface area contributed by atoms with E-state index in [1.54, 1.807) is 6.33 Å². The van der Waals surface area contributed by atoms with Crippen molar-refractivity contribution in [1.82, 2.24) is 9.78 Å². The van der Waals surface area contributed by atoms with Crippen LogP contribution in [0.2, 0.25) is 0 Å². The summed E-state index contributed by atoms with van der Waals surface area (Å²) in [5, 5.41) is 4.30. The van der Waals surface area contributed by atoms with Crippen LogP contribution in [-0.4, -0.2) is 9.78 Å². The first-order valence-corrected chi connectivity index (χ1v) is 5.75. The first-order chi connectivity index (χ1) is 8.92. The average Bonchev–Trinajstić information content (AvgIpc) is 2.89. The fourth-order valence-electron chi connectivity index (χ4n) is 1.72. The van der Waals surface area contributed by atoms with Crippen LogP contribution in [0.4, 0.5) is 5.69 Å². The summed E-state index contributed by atoms with van der Waals surface area (Å²) in [4.78, 5) is 0. The predicted molar refractivity (Wildman–Crippen MR) is 69.2 cm³/mol. The van der Waals surface area contributed by atoms with E-state index in [-0.39, 0.29) is 12.4 Å². The monoisotopic (exact) mass is 272 g/mol. The largest absolute Gasteiger partial charge is 1.00 e. The van der Waals surface area contributed by atoms with Crippen LogP contribution >= 0.6 is 0 Å². The Morgan fingerprint density at radius 1 is 0.895 bits per heavy atom. The van der Waals surface area contributed by atoms with Crippen molar-refractivity contribution in [2.75, 3.05) is 5.43 Å². The van der Waals surface area contributed by atoms with E-state index >= 15 is 0 Å². The van der Waals surface area contributed by atoms with Gasteiger partial charge in [0.2, 0.25) is 0 Å². The van der Waals surface area contributed by atoms with Crippen molar-refractivity contribution in [3.05, 3.63) is 73.3 Å². The third-order valence-corrected chi connectivity index (χ3v) is 2.59. The molecule has 1 aromatic heterocycles. The molecule has 0 radical (unpaired) electrons. The molecule has 2 aromatic carbocycles. The van der Waals surface area contributed by atoms with E-state index in [0.717, 1.165) is 11.4 Å². The highest BCUT2D eigenvalue weighted by atomic mass is 35.5. The molecular formula is C14H13ClN4. The zero-order valence-corrected chi connectivity index (χ0v) is 10.9. The van der Waals surface area contributed by atoms with Crippen LogP contribution in [0.25, 0.3) is 5.69 Å². The van der Waals surface area contributed by atoms with Crippen LogP contribution in [0.15, 0.2) is 73.3 Å². The second kappa shape index (κ2) is 6.02. The van der Waals surface area contributed by atoms with Crippen molar-refractivity contribution >= 4 is 5.69 Å². The predicted octanol–water partition coefficient (Wildman–Crippen LogP) is -0.961. The quantitative estimate of drug-likeness (QED) is 0.623. The summed E-state index contributed by atoms with van der Waals surface area (Å²) in [6.45, 7) is 0. The summed E-state index contributed by atoms with van der Waals surface area (Å²) >= 11 is 0. The number of hydrogen-bond donors (Lipinski definition) is 1. The fraction of sp³-hybridized carbons (Fsp3) is 0. The van der Waals surface area contributed by atoms with Crippen LogP contribution in [-0.2, 0) is 0 Å². The zero-order chi connectivity index (χ0) is 12.2. The Hall–Kier alpha value is -2.33. The third-order valence-electron chi connectivity index (χ3n) is 2.59. The number of hydrogen-bond acceptors (Lipinski definition) is 2. The first-order valence-electron chi connectivity index (χ1n) is 5.75. The second-order valence-corrected chi connectivity index (χ2v) is 3.91. The molecule has 0 saturated carbocycles. The van der Waals surface area contributed by atoms with Gasteiger partial charge >= 0.3 is 0 Å². The minimum atomic E-state index is 0. The molecule has 0 atom stereocenters. The molecule has 19 heavy (non-hydrogen) atoms. The van der Waals surface area contributed by atoms with Gasteiger partial charge in [-0.2, -0.15) is 0 Å². The molecule has 0 saturated heterocycles. The summed E-state index contributed by atoms with van der Waals surface area (Å²) in [6, 6.07) is 20.0. The van der Waals surface area contributed by atoms with Crippen LogP contribution < -0.4 is 22.5 Å². The molecule has 1 N–H and O–H groups in total. The number of nitrogens with zero attached hydrogens (tertiary/aromatic N) is 3. The highest BCUT2D eigenvalue weighted by Crippen LogP contribution is 2.04. The van der Waals surface area contributed by atoms with Gasteiger partial charge in [0, 0.05) is 5.10 Å². The van der Waals surface area contributed by atoms with Crippen molar-refractivity contribution in [2.24, 2.45) is 0 Å². The number of halogens is 1. The maximum atomic E-state index is 4.30. The Morgan fingerprint density at radius 2 is 1.53 bits per heavy atom. The number of nitrogens with one attached hydrogen (secondary N) is 1. The molecule has 0 amide bonds. The lowest BCUT2D eigenvalue weighted by atomic mass is 10.3. The van der Waals surface area contributed by atoms with E-state index in [1.807, 2.05) is 76.3 Å². The minimum Gasteiger partial charge on any atom is -1.00 e. The summed E-state index contributed by atoms with van der Waals surface area (Å²) in [5.74, 6) is 0. The molecule has 3 aromatic rings. The Labute approximate surface area is 117 Å². The maximum absolute atomic E-state index is 4.30. The Bertz CT molecular complexity index is 622. The molecule has 0 fully saturated rings. The standard InChI is InChI=1S/C14H13N4.ClH/c1-3-7-13(8-4-1)16-17-11-15-18(12-17)14-9-5-2-6-10-14;/h1-12,16H;1H/q+1;/p-1. The van der Waals surface area contributed by atoms with E-state index in [0.29, 0.717) is 0 Å². The van der Waals surface area contributed by atoms with Crippen LogP contribution in [0, 0.1) is 0 Å². The van der Waals surface area contributed by atoms with Gasteiger partial charge in [0.15, 0.2) is 0 Å². The van der Waals surface area contributed by atoms with Gasteiger partial charge in [0.25, 0.3) is 12.7 Å². The fourth-order valence-corrected chi connectivity index (χ4v) is 1.72. The third kappa shape index (κ3) is 3.11. The molecule has 0 spiro atoms. The van der Waals surface area contributed by atoms with Crippen molar-refractivity contribution < 1.29 is 17.1 Å². The SMILES string of the molecule is [Cl-].c1ccc(N[n+]2cnn(-c3ccccc3)c2)cc1. The number of para-hydroxylation sites is 2. The van der Waals surface area contributed by atoms with E-state index in [4.69, 9.17) is 0 Å². The molecule has 0 aliphatic rings. The lowest BCUT2D eigenvalue weighted by Gasteiger charge is -1.99. The first kappa shape index (κ1) is 13.1. The van der Waals surface area contributed by atoms with Crippen molar-refractivity contribution in [3.8, 4) is 5.69 Å². The molecule has 0 aliphatic carbocycles. The van der Waals surface area contributed by atoms with Crippen LogP contribution in [0.1, 0.15) is 0 Å². The molecule has 96 valence electrons. The number of rotatable bonds is 3. The van der Waals surface area contributed by atoms with Gasteiger partial charge in [0.05, 0.1) is 5.69 Å². The molecule has 5 heteroatoms. The number of anilines is 1. The maximum Gasteiger partial charge on any atom is 0.287 e.